The summed E-state index contributed by atoms with van der Waals surface area (Å²) in [5.41, 5.74) is 0. The predicted octanol–water partition coefficient (Wildman–Crippen LogP) is -0.766. The monoisotopic (exact) mass is 266 g/mol. The number of nitrogens with two attached hydrogens (primary N) is 1. The maximum Gasteiger partial charge on any atom is 0.306 e. The van der Waals surface area contributed by atoms with Crippen molar-refractivity contribution >= 4 is 16.2 Å². The lowest BCUT2D eigenvalue weighted by molar-refractivity contribution is -0.140. The number of ether oxygens (including phenoxy) is 2. The summed E-state index contributed by atoms with van der Waals surface area (Å²) < 4.78 is 33.5. The Kier molecular flexibility index (Phi) is 5.31. The lowest BCUT2D eigenvalue weighted by Gasteiger charge is -2.21. The van der Waals surface area contributed by atoms with Crippen LogP contribution < -0.4 is 5.14 Å². The first-order valence-corrected chi connectivity index (χ1v) is 6.90. The first-order valence-electron chi connectivity index (χ1n) is 5.39. The van der Waals surface area contributed by atoms with Crippen LogP contribution in [0.15, 0.2) is 0 Å². The Balaban J connectivity index is 2.51. The molecule has 0 spiro atoms. The fraction of sp³-hybridized carbons (Fsp3) is 0.889. The summed E-state index contributed by atoms with van der Waals surface area (Å²) in [5.74, 6) is -0.467. The van der Waals surface area contributed by atoms with Crippen LogP contribution in [0.1, 0.15) is 19.3 Å². The molecule has 100 valence electrons. The fourth-order valence-electron chi connectivity index (χ4n) is 1.66. The largest absolute Gasteiger partial charge is 0.469 e. The van der Waals surface area contributed by atoms with Crippen LogP contribution in [0.25, 0.3) is 0 Å². The van der Waals surface area contributed by atoms with Gasteiger partial charge in [-0.2, -0.15) is 12.7 Å². The van der Waals surface area contributed by atoms with Gasteiger partial charge in [0.15, 0.2) is 0 Å². The molecular weight excluding hydrogens is 248 g/mol. The molecule has 7 nitrogen and oxygen atoms in total. The van der Waals surface area contributed by atoms with Crippen molar-refractivity contribution in [2.24, 2.45) is 5.14 Å². The summed E-state index contributed by atoms with van der Waals surface area (Å²) in [6, 6.07) is 0. The molecule has 17 heavy (non-hydrogen) atoms. The molecule has 1 aliphatic heterocycles. The molecule has 8 heteroatoms. The molecule has 0 saturated carbocycles. The molecule has 0 aromatic carbocycles. The van der Waals surface area contributed by atoms with E-state index in [1.165, 1.54) is 7.11 Å². The van der Waals surface area contributed by atoms with Crippen molar-refractivity contribution in [3.8, 4) is 0 Å². The average molecular weight is 266 g/mol. The lowest BCUT2D eigenvalue weighted by atomic mass is 10.2. The molecule has 0 aromatic rings. The number of hydrogen-bond donors (Lipinski definition) is 1. The van der Waals surface area contributed by atoms with Crippen molar-refractivity contribution in [2.75, 3.05) is 26.8 Å². The van der Waals surface area contributed by atoms with E-state index in [9.17, 15) is 13.2 Å². The lowest BCUT2D eigenvalue weighted by Crippen LogP contribution is -2.42. The molecule has 0 aromatic heterocycles. The van der Waals surface area contributed by atoms with E-state index in [2.05, 4.69) is 4.74 Å². The summed E-state index contributed by atoms with van der Waals surface area (Å²) in [5, 5.41) is 5.08. The standard InChI is InChI=1S/C9H18N2O5S/c1-15-9(12)4-5-11(17(10,13)14)7-8-3-2-6-16-8/h8H,2-7H2,1H3,(H2,10,13,14). The zero-order valence-electron chi connectivity index (χ0n) is 9.79. The summed E-state index contributed by atoms with van der Waals surface area (Å²) in [4.78, 5) is 11.0. The molecule has 0 radical (unpaired) electrons. The molecule has 2 N–H and O–H groups in total. The van der Waals surface area contributed by atoms with Gasteiger partial charge >= 0.3 is 5.97 Å². The Bertz CT molecular complexity index is 350. The van der Waals surface area contributed by atoms with Gasteiger partial charge in [0.25, 0.3) is 10.2 Å². The van der Waals surface area contributed by atoms with E-state index in [1.54, 1.807) is 0 Å². The topological polar surface area (TPSA) is 98.9 Å². The average Bonchev–Trinajstić information content (AvgIpc) is 2.74. The van der Waals surface area contributed by atoms with Crippen LogP contribution in [-0.4, -0.2) is 51.6 Å². The Morgan fingerprint density at radius 3 is 2.76 bits per heavy atom. The Morgan fingerprint density at radius 1 is 1.59 bits per heavy atom. The quantitative estimate of drug-likeness (QED) is 0.637. The third kappa shape index (κ3) is 4.99. The van der Waals surface area contributed by atoms with Crippen LogP contribution in [0.2, 0.25) is 0 Å². The number of methoxy groups -OCH3 is 1. The number of nitrogens with zero attached hydrogens (tertiary/aromatic N) is 1. The van der Waals surface area contributed by atoms with Gasteiger partial charge in [-0.05, 0) is 12.8 Å². The summed E-state index contributed by atoms with van der Waals surface area (Å²) >= 11 is 0. The minimum Gasteiger partial charge on any atom is -0.469 e. The van der Waals surface area contributed by atoms with Gasteiger partial charge in [-0.25, -0.2) is 5.14 Å². The van der Waals surface area contributed by atoms with E-state index in [1.807, 2.05) is 0 Å². The van der Waals surface area contributed by atoms with E-state index < -0.39 is 16.2 Å². The minimum absolute atomic E-state index is 0.0142. The summed E-state index contributed by atoms with van der Waals surface area (Å²) in [7, 11) is -2.56. The van der Waals surface area contributed by atoms with E-state index in [-0.39, 0.29) is 25.6 Å². The van der Waals surface area contributed by atoms with Crippen LogP contribution in [-0.2, 0) is 24.5 Å². The molecule has 1 saturated heterocycles. The van der Waals surface area contributed by atoms with Crippen LogP contribution in [0, 0.1) is 0 Å². The van der Waals surface area contributed by atoms with Gasteiger partial charge in [-0.15, -0.1) is 0 Å². The maximum absolute atomic E-state index is 11.3. The predicted molar refractivity (Wildman–Crippen MR) is 60.3 cm³/mol. The van der Waals surface area contributed by atoms with Crippen molar-refractivity contribution in [2.45, 2.75) is 25.4 Å². The Morgan fingerprint density at radius 2 is 2.29 bits per heavy atom. The molecule has 1 atom stereocenters. The molecule has 0 amide bonds. The number of esters is 1. The first kappa shape index (κ1) is 14.4. The van der Waals surface area contributed by atoms with Crippen molar-refractivity contribution in [3.05, 3.63) is 0 Å². The SMILES string of the molecule is COC(=O)CCN(CC1CCCO1)S(N)(=O)=O. The smallest absolute Gasteiger partial charge is 0.306 e. The van der Waals surface area contributed by atoms with Crippen molar-refractivity contribution < 1.29 is 22.7 Å². The van der Waals surface area contributed by atoms with Gasteiger partial charge in [0, 0.05) is 19.7 Å². The molecule has 1 unspecified atom stereocenters. The second kappa shape index (κ2) is 6.29. The molecular formula is C9H18N2O5S. The number of carbonyl (C=O) groups is 1. The van der Waals surface area contributed by atoms with Crippen LogP contribution in [0.5, 0.6) is 0 Å². The second-order valence-electron chi connectivity index (χ2n) is 3.86. The van der Waals surface area contributed by atoms with Gasteiger partial charge in [-0.3, -0.25) is 4.79 Å². The number of carbonyl (C=O) groups excluding carboxylic acids is 1. The molecule has 1 heterocycles. The van der Waals surface area contributed by atoms with E-state index in [0.717, 1.165) is 17.1 Å². The van der Waals surface area contributed by atoms with Gasteiger partial charge in [0.2, 0.25) is 0 Å². The zero-order valence-corrected chi connectivity index (χ0v) is 10.6. The van der Waals surface area contributed by atoms with Gasteiger partial charge < -0.3 is 9.47 Å². The maximum atomic E-state index is 11.3. The third-order valence-electron chi connectivity index (χ3n) is 2.58. The van der Waals surface area contributed by atoms with Gasteiger partial charge in [-0.1, -0.05) is 0 Å². The second-order valence-corrected chi connectivity index (χ2v) is 5.41. The molecule has 0 aliphatic carbocycles. The highest BCUT2D eigenvalue weighted by Crippen LogP contribution is 2.14. The Labute approximate surface area is 101 Å². The highest BCUT2D eigenvalue weighted by Gasteiger charge is 2.25. The van der Waals surface area contributed by atoms with E-state index in [0.29, 0.717) is 6.61 Å². The summed E-state index contributed by atoms with van der Waals surface area (Å²) in [6.07, 6.45) is 1.58. The van der Waals surface area contributed by atoms with Gasteiger partial charge in [0.05, 0.1) is 19.6 Å². The van der Waals surface area contributed by atoms with Gasteiger partial charge in [0.1, 0.15) is 0 Å². The highest BCUT2D eigenvalue weighted by molar-refractivity contribution is 7.86. The van der Waals surface area contributed by atoms with Crippen LogP contribution >= 0.6 is 0 Å². The Hall–Kier alpha value is -0.700. The minimum atomic E-state index is -3.81. The zero-order chi connectivity index (χ0) is 12.9. The number of rotatable bonds is 6. The third-order valence-corrected chi connectivity index (χ3v) is 3.64. The molecule has 1 rings (SSSR count). The fourth-order valence-corrected chi connectivity index (χ4v) is 2.38. The van der Waals surface area contributed by atoms with E-state index in [4.69, 9.17) is 9.88 Å². The van der Waals surface area contributed by atoms with E-state index >= 15 is 0 Å². The molecule has 0 bridgehead atoms. The van der Waals surface area contributed by atoms with Crippen LogP contribution in [0.3, 0.4) is 0 Å². The first-order chi connectivity index (χ1) is 7.93. The highest BCUT2D eigenvalue weighted by atomic mass is 32.2. The number of hydrogen-bond acceptors (Lipinski definition) is 5. The van der Waals surface area contributed by atoms with Crippen molar-refractivity contribution in [1.82, 2.24) is 4.31 Å². The molecule has 1 fully saturated rings. The van der Waals surface area contributed by atoms with Crippen molar-refractivity contribution in [1.29, 1.82) is 0 Å². The van der Waals surface area contributed by atoms with Crippen molar-refractivity contribution in [3.63, 3.8) is 0 Å². The normalized spacial score (nSPS) is 20.8. The molecule has 1 aliphatic rings. The van der Waals surface area contributed by atoms with Crippen LogP contribution in [0.4, 0.5) is 0 Å². The summed E-state index contributed by atoms with van der Waals surface area (Å²) in [6.45, 7) is 0.849.